The summed E-state index contributed by atoms with van der Waals surface area (Å²) in [6.45, 7) is 9.00. The van der Waals surface area contributed by atoms with Gasteiger partial charge in [0, 0.05) is 29.7 Å². The monoisotopic (exact) mass is 589 g/mol. The van der Waals surface area contributed by atoms with Gasteiger partial charge in [-0.1, -0.05) is 102 Å². The molecule has 4 rings (SSSR count). The Kier molecular flexibility index (Phi) is 12.1. The first-order valence-corrected chi connectivity index (χ1v) is 14.8. The van der Waals surface area contributed by atoms with Crippen molar-refractivity contribution < 1.29 is 5.11 Å². The number of aryl methyl sites for hydroxylation is 1. The lowest BCUT2D eigenvalue weighted by molar-refractivity contribution is 0.0643. The molecule has 2 aromatic rings. The van der Waals surface area contributed by atoms with Gasteiger partial charge in [-0.25, -0.2) is 0 Å². The fourth-order valence-electron chi connectivity index (χ4n) is 4.81. The number of nitrogens with zero attached hydrogens (tertiary/aromatic N) is 3. The first-order chi connectivity index (χ1) is 18.8. The Bertz CT molecular complexity index is 1200. The van der Waals surface area contributed by atoms with Gasteiger partial charge in [0.05, 0.1) is 5.71 Å². The number of benzene rings is 2. The molecule has 39 heavy (non-hydrogen) atoms. The summed E-state index contributed by atoms with van der Waals surface area (Å²) in [5.41, 5.74) is 3.91. The van der Waals surface area contributed by atoms with Crippen LogP contribution in [0.4, 0.5) is 0 Å². The standard InChI is InChI=1S/C26H34BrN3O.C8H10/c1-5-21-18-23(27)19-24(25(21)28-20(2)30-15-10-7-11-16-30)26(31,14-17-29(3)4)22-12-8-6-9-13-22;1-2-8-6-4-3-5-7-8/h5-10,12-13,18-20,31H,11,14-17H2,1-4H3;3-7H,2H2,1H3/b21-5-,28-25+;. The van der Waals surface area contributed by atoms with Gasteiger partial charge in [-0.05, 0) is 76.1 Å². The topological polar surface area (TPSA) is 39.1 Å². The molecule has 2 aliphatic rings. The number of aliphatic hydroxyl groups is 1. The SMILES string of the molecule is C/C=C1/C=C(Br)C=C(C(O)(CCN(C)C)c2ccccc2)/C1=N/C(C)N1CC=CCC1.CCc1ccccc1. The third-order valence-electron chi connectivity index (χ3n) is 7.22. The average Bonchev–Trinajstić information content (AvgIpc) is 2.98. The van der Waals surface area contributed by atoms with E-state index in [1.807, 2.05) is 63.5 Å². The van der Waals surface area contributed by atoms with Crippen LogP contribution in [0, 0.1) is 0 Å². The number of aliphatic imine (C=N–C) groups is 1. The molecule has 1 N–H and O–H groups in total. The van der Waals surface area contributed by atoms with Gasteiger partial charge in [0.15, 0.2) is 0 Å². The van der Waals surface area contributed by atoms with E-state index in [-0.39, 0.29) is 6.17 Å². The van der Waals surface area contributed by atoms with Crippen LogP contribution in [-0.4, -0.2) is 60.5 Å². The van der Waals surface area contributed by atoms with E-state index in [0.29, 0.717) is 6.42 Å². The fraction of sp³-hybridized carbons (Fsp3) is 0.382. The molecule has 0 amide bonds. The lowest BCUT2D eigenvalue weighted by Crippen LogP contribution is -2.39. The van der Waals surface area contributed by atoms with Gasteiger partial charge in [-0.15, -0.1) is 0 Å². The number of rotatable bonds is 8. The molecule has 2 aromatic carbocycles. The van der Waals surface area contributed by atoms with Crippen LogP contribution >= 0.6 is 15.9 Å². The first kappa shape index (κ1) is 31.0. The molecule has 2 unspecified atom stereocenters. The molecule has 1 heterocycles. The predicted molar refractivity (Wildman–Crippen MR) is 170 cm³/mol. The molecule has 1 aliphatic heterocycles. The largest absolute Gasteiger partial charge is 0.380 e. The van der Waals surface area contributed by atoms with Crippen molar-refractivity contribution >= 4 is 21.6 Å². The zero-order valence-corrected chi connectivity index (χ0v) is 25.7. The van der Waals surface area contributed by atoms with Gasteiger partial charge in [0.25, 0.3) is 0 Å². The highest BCUT2D eigenvalue weighted by molar-refractivity contribution is 9.11. The molecule has 208 valence electrons. The van der Waals surface area contributed by atoms with Crippen molar-refractivity contribution in [3.8, 4) is 0 Å². The third kappa shape index (κ3) is 8.71. The van der Waals surface area contributed by atoms with Gasteiger partial charge >= 0.3 is 0 Å². The van der Waals surface area contributed by atoms with Crippen LogP contribution in [0.3, 0.4) is 0 Å². The Hall–Kier alpha value is -2.57. The summed E-state index contributed by atoms with van der Waals surface area (Å²) < 4.78 is 0.947. The maximum atomic E-state index is 12.2. The molecular formula is C34H44BrN3O. The molecule has 0 bridgehead atoms. The second-order valence-corrected chi connectivity index (χ2v) is 11.2. The van der Waals surface area contributed by atoms with E-state index in [4.69, 9.17) is 4.99 Å². The van der Waals surface area contributed by atoms with Gasteiger partial charge < -0.3 is 10.0 Å². The van der Waals surface area contributed by atoms with E-state index in [2.05, 4.69) is 88.1 Å². The highest BCUT2D eigenvalue weighted by Crippen LogP contribution is 2.39. The van der Waals surface area contributed by atoms with Crippen LogP contribution in [0.15, 0.2) is 112 Å². The Morgan fingerprint density at radius 1 is 1.05 bits per heavy atom. The zero-order chi connectivity index (χ0) is 28.3. The minimum atomic E-state index is -1.15. The first-order valence-electron chi connectivity index (χ1n) is 14.0. The Labute approximate surface area is 244 Å². The molecule has 0 radical (unpaired) electrons. The molecular weight excluding hydrogens is 546 g/mol. The summed E-state index contributed by atoms with van der Waals surface area (Å²) in [6.07, 6.45) is 13.4. The van der Waals surface area contributed by atoms with Crippen molar-refractivity contribution in [2.75, 3.05) is 33.7 Å². The highest BCUT2D eigenvalue weighted by atomic mass is 79.9. The summed E-state index contributed by atoms with van der Waals surface area (Å²) in [7, 11) is 4.07. The van der Waals surface area contributed by atoms with E-state index in [0.717, 1.165) is 59.4 Å². The van der Waals surface area contributed by atoms with Crippen molar-refractivity contribution in [2.24, 2.45) is 4.99 Å². The highest BCUT2D eigenvalue weighted by Gasteiger charge is 2.38. The molecule has 0 fully saturated rings. The van der Waals surface area contributed by atoms with Gasteiger partial charge in [-0.2, -0.15) is 0 Å². The van der Waals surface area contributed by atoms with E-state index < -0.39 is 5.60 Å². The van der Waals surface area contributed by atoms with Gasteiger partial charge in [0.2, 0.25) is 0 Å². The Morgan fingerprint density at radius 3 is 2.26 bits per heavy atom. The number of hydrogen-bond acceptors (Lipinski definition) is 4. The summed E-state index contributed by atoms with van der Waals surface area (Å²) in [5, 5.41) is 12.2. The van der Waals surface area contributed by atoms with Crippen molar-refractivity contribution in [1.29, 1.82) is 0 Å². The summed E-state index contributed by atoms with van der Waals surface area (Å²) in [4.78, 5) is 9.66. The van der Waals surface area contributed by atoms with Crippen molar-refractivity contribution in [3.63, 3.8) is 0 Å². The Balaban J connectivity index is 0.000000449. The minimum absolute atomic E-state index is 0.0254. The van der Waals surface area contributed by atoms with Crippen LogP contribution < -0.4 is 0 Å². The number of halogens is 1. The van der Waals surface area contributed by atoms with Crippen LogP contribution in [0.25, 0.3) is 0 Å². The fourth-order valence-corrected chi connectivity index (χ4v) is 5.29. The van der Waals surface area contributed by atoms with Gasteiger partial charge in [0.1, 0.15) is 11.8 Å². The normalized spacial score (nSPS) is 20.2. The van der Waals surface area contributed by atoms with Crippen molar-refractivity contribution in [2.45, 2.75) is 51.8 Å². The number of allylic oxidation sites excluding steroid dienone is 5. The zero-order valence-electron chi connectivity index (χ0n) is 24.1. The summed E-state index contributed by atoms with van der Waals surface area (Å²) in [5.74, 6) is 0. The smallest absolute Gasteiger partial charge is 0.118 e. The van der Waals surface area contributed by atoms with Crippen LogP contribution in [0.5, 0.6) is 0 Å². The van der Waals surface area contributed by atoms with Gasteiger partial charge in [-0.3, -0.25) is 9.89 Å². The predicted octanol–water partition coefficient (Wildman–Crippen LogP) is 7.29. The maximum Gasteiger partial charge on any atom is 0.118 e. The van der Waals surface area contributed by atoms with Crippen LogP contribution in [0.2, 0.25) is 0 Å². The summed E-state index contributed by atoms with van der Waals surface area (Å²) in [6, 6.07) is 20.4. The van der Waals surface area contributed by atoms with E-state index in [1.165, 1.54) is 5.56 Å². The van der Waals surface area contributed by atoms with E-state index in [1.54, 1.807) is 0 Å². The van der Waals surface area contributed by atoms with E-state index >= 15 is 0 Å². The lowest BCUT2D eigenvalue weighted by atomic mass is 9.77. The molecule has 0 spiro atoms. The van der Waals surface area contributed by atoms with Crippen molar-refractivity contribution in [3.05, 3.63) is 118 Å². The average molecular weight is 591 g/mol. The van der Waals surface area contributed by atoms with E-state index in [9.17, 15) is 5.11 Å². The molecule has 0 aromatic heterocycles. The molecule has 1 aliphatic carbocycles. The lowest BCUT2D eigenvalue weighted by Gasteiger charge is -2.36. The third-order valence-corrected chi connectivity index (χ3v) is 7.68. The molecule has 5 heteroatoms. The quantitative estimate of drug-likeness (QED) is 0.328. The second kappa shape index (κ2) is 15.3. The number of hydrogen-bond donors (Lipinski definition) is 1. The van der Waals surface area contributed by atoms with Crippen molar-refractivity contribution in [1.82, 2.24) is 9.80 Å². The second-order valence-electron chi connectivity index (χ2n) is 10.3. The summed E-state index contributed by atoms with van der Waals surface area (Å²) >= 11 is 3.67. The maximum absolute atomic E-state index is 12.2. The molecule has 4 nitrogen and oxygen atoms in total. The van der Waals surface area contributed by atoms with Crippen LogP contribution in [0.1, 0.15) is 44.7 Å². The Morgan fingerprint density at radius 2 is 1.72 bits per heavy atom. The molecule has 2 atom stereocenters. The van der Waals surface area contributed by atoms with Crippen LogP contribution in [-0.2, 0) is 12.0 Å². The molecule has 0 saturated heterocycles. The molecule has 0 saturated carbocycles. The minimum Gasteiger partial charge on any atom is -0.380 e.